The topological polar surface area (TPSA) is 70.1 Å². The molecule has 0 saturated carbocycles. The lowest BCUT2D eigenvalue weighted by molar-refractivity contribution is -0.133. The van der Waals surface area contributed by atoms with Crippen molar-refractivity contribution in [1.82, 2.24) is 9.80 Å². The first-order valence-corrected chi connectivity index (χ1v) is 9.21. The highest BCUT2D eigenvalue weighted by Crippen LogP contribution is 2.38. The molecule has 2 amide bonds. The fraction of sp³-hybridized carbons (Fsp3) is 0.474. The van der Waals surface area contributed by atoms with Crippen molar-refractivity contribution in [2.24, 2.45) is 0 Å². The van der Waals surface area contributed by atoms with Gasteiger partial charge in [-0.3, -0.25) is 4.90 Å². The van der Waals surface area contributed by atoms with Crippen LogP contribution in [0.1, 0.15) is 38.3 Å². The highest BCUT2D eigenvalue weighted by atomic mass is 35.5. The van der Waals surface area contributed by atoms with Gasteiger partial charge in [-0.05, 0) is 44.4 Å². The standard InChI is InChI=1S/C19H23ClN2O4/c1-3-21-17(13-6-8-14(20)9-7-13)16(18(23)24)12(2)22(19(21)25)11-15-5-4-10-26-15/h6-9,15,17H,3-5,10-11H2,1-2H3,(H,23,24). The van der Waals surface area contributed by atoms with Crippen LogP contribution in [0.5, 0.6) is 0 Å². The third-order valence-electron chi connectivity index (χ3n) is 5.02. The summed E-state index contributed by atoms with van der Waals surface area (Å²) < 4.78 is 5.64. The molecule has 1 fully saturated rings. The number of carboxylic acids is 1. The molecular formula is C19H23ClN2O4. The van der Waals surface area contributed by atoms with Crippen LogP contribution in [0.2, 0.25) is 5.02 Å². The Kier molecular flexibility index (Phi) is 5.53. The van der Waals surface area contributed by atoms with E-state index in [1.54, 1.807) is 41.0 Å². The average molecular weight is 379 g/mol. The monoisotopic (exact) mass is 378 g/mol. The summed E-state index contributed by atoms with van der Waals surface area (Å²) in [6, 6.07) is 6.14. The maximum absolute atomic E-state index is 13.1. The number of hydrogen-bond donors (Lipinski definition) is 1. The number of hydrogen-bond acceptors (Lipinski definition) is 3. The second-order valence-electron chi connectivity index (χ2n) is 6.57. The fourth-order valence-corrected chi connectivity index (χ4v) is 3.82. The minimum Gasteiger partial charge on any atom is -0.478 e. The minimum atomic E-state index is -1.02. The van der Waals surface area contributed by atoms with Crippen LogP contribution in [0.25, 0.3) is 0 Å². The lowest BCUT2D eigenvalue weighted by atomic mass is 9.93. The van der Waals surface area contributed by atoms with Crippen molar-refractivity contribution < 1.29 is 19.4 Å². The van der Waals surface area contributed by atoms with E-state index in [1.165, 1.54) is 0 Å². The second kappa shape index (κ2) is 7.68. The van der Waals surface area contributed by atoms with Crippen LogP contribution in [0, 0.1) is 0 Å². The van der Waals surface area contributed by atoms with Crippen molar-refractivity contribution >= 4 is 23.6 Å². The number of halogens is 1. The Bertz CT molecular complexity index is 726. The van der Waals surface area contributed by atoms with Gasteiger partial charge in [-0.2, -0.15) is 0 Å². The number of benzene rings is 1. The zero-order valence-corrected chi connectivity index (χ0v) is 15.7. The molecule has 1 saturated heterocycles. The molecule has 0 aromatic heterocycles. The highest BCUT2D eigenvalue weighted by Gasteiger charge is 2.41. The summed E-state index contributed by atoms with van der Waals surface area (Å²) in [4.78, 5) is 28.3. The van der Waals surface area contributed by atoms with Crippen molar-refractivity contribution in [3.05, 3.63) is 46.1 Å². The van der Waals surface area contributed by atoms with Crippen LogP contribution in [-0.4, -0.2) is 52.7 Å². The number of aliphatic carboxylic acids is 1. The molecule has 0 aliphatic carbocycles. The molecule has 2 heterocycles. The molecule has 1 N–H and O–H groups in total. The Labute approximate surface area is 158 Å². The third-order valence-corrected chi connectivity index (χ3v) is 5.28. The number of carbonyl (C=O) groups is 2. The maximum atomic E-state index is 13.1. The predicted octanol–water partition coefficient (Wildman–Crippen LogP) is 3.68. The molecular weight excluding hydrogens is 356 g/mol. The van der Waals surface area contributed by atoms with Crippen molar-refractivity contribution in [3.8, 4) is 0 Å². The maximum Gasteiger partial charge on any atom is 0.335 e. The number of allylic oxidation sites excluding steroid dienone is 1. The van der Waals surface area contributed by atoms with Gasteiger partial charge in [0.25, 0.3) is 0 Å². The Morgan fingerprint density at radius 2 is 2.04 bits per heavy atom. The molecule has 140 valence electrons. The lowest BCUT2D eigenvalue weighted by Crippen LogP contribution is -2.52. The van der Waals surface area contributed by atoms with Gasteiger partial charge in [0.05, 0.1) is 24.3 Å². The van der Waals surface area contributed by atoms with Gasteiger partial charge in [-0.25, -0.2) is 9.59 Å². The van der Waals surface area contributed by atoms with E-state index in [-0.39, 0.29) is 17.7 Å². The summed E-state index contributed by atoms with van der Waals surface area (Å²) >= 11 is 5.96. The Hall–Kier alpha value is -2.05. The lowest BCUT2D eigenvalue weighted by Gasteiger charge is -2.42. The first-order valence-electron chi connectivity index (χ1n) is 8.83. The van der Waals surface area contributed by atoms with E-state index in [0.717, 1.165) is 18.4 Å². The molecule has 0 radical (unpaired) electrons. The molecule has 1 aromatic carbocycles. The quantitative estimate of drug-likeness (QED) is 0.848. The van der Waals surface area contributed by atoms with Crippen LogP contribution in [0.3, 0.4) is 0 Å². The van der Waals surface area contributed by atoms with E-state index in [9.17, 15) is 14.7 Å². The summed E-state index contributed by atoms with van der Waals surface area (Å²) in [7, 11) is 0. The molecule has 2 aliphatic rings. The number of carboxylic acid groups (broad SMARTS) is 1. The Morgan fingerprint density at radius 1 is 1.35 bits per heavy atom. The number of nitrogens with zero attached hydrogens (tertiary/aromatic N) is 2. The highest BCUT2D eigenvalue weighted by molar-refractivity contribution is 6.30. The number of amides is 2. The number of rotatable bonds is 5. The van der Waals surface area contributed by atoms with Crippen molar-refractivity contribution in [3.63, 3.8) is 0 Å². The predicted molar refractivity (Wildman–Crippen MR) is 98.0 cm³/mol. The average Bonchev–Trinajstić information content (AvgIpc) is 3.12. The third kappa shape index (κ3) is 3.44. The van der Waals surface area contributed by atoms with Crippen molar-refractivity contribution in [2.75, 3.05) is 19.7 Å². The number of ether oxygens (including phenoxy) is 1. The SMILES string of the molecule is CCN1C(=O)N(CC2CCCO2)C(C)=C(C(=O)O)C1c1ccc(Cl)cc1. The molecule has 2 aliphatic heterocycles. The van der Waals surface area contributed by atoms with Crippen LogP contribution >= 0.6 is 11.6 Å². The molecule has 6 nitrogen and oxygen atoms in total. The van der Waals surface area contributed by atoms with Gasteiger partial charge >= 0.3 is 12.0 Å². The van der Waals surface area contributed by atoms with Gasteiger partial charge in [0.15, 0.2) is 0 Å². The van der Waals surface area contributed by atoms with Gasteiger partial charge in [-0.1, -0.05) is 23.7 Å². The number of carbonyl (C=O) groups excluding carboxylic acids is 1. The van der Waals surface area contributed by atoms with Crippen LogP contribution in [0.15, 0.2) is 35.5 Å². The first kappa shape index (κ1) is 18.7. The number of urea groups is 1. The van der Waals surface area contributed by atoms with E-state index in [4.69, 9.17) is 16.3 Å². The van der Waals surface area contributed by atoms with Crippen LogP contribution in [-0.2, 0) is 9.53 Å². The Morgan fingerprint density at radius 3 is 2.58 bits per heavy atom. The molecule has 26 heavy (non-hydrogen) atoms. The van der Waals surface area contributed by atoms with E-state index in [2.05, 4.69) is 0 Å². The van der Waals surface area contributed by atoms with E-state index < -0.39 is 12.0 Å². The molecule has 3 rings (SSSR count). The summed E-state index contributed by atoms with van der Waals surface area (Å²) in [5.74, 6) is -1.02. The zero-order valence-electron chi connectivity index (χ0n) is 14.9. The summed E-state index contributed by atoms with van der Waals surface area (Å²) in [5, 5.41) is 10.5. The summed E-state index contributed by atoms with van der Waals surface area (Å²) in [6.45, 7) is 5.02. The first-order chi connectivity index (χ1) is 12.4. The molecule has 2 atom stereocenters. The molecule has 7 heteroatoms. The zero-order chi connectivity index (χ0) is 18.8. The van der Waals surface area contributed by atoms with Crippen LogP contribution in [0.4, 0.5) is 4.79 Å². The normalized spacial score (nSPS) is 23.7. The molecule has 0 bridgehead atoms. The van der Waals surface area contributed by atoms with Crippen molar-refractivity contribution in [2.45, 2.75) is 38.8 Å². The number of likely N-dealkylation sites (N-methyl/N-ethyl adjacent to an activating group) is 1. The van der Waals surface area contributed by atoms with Gasteiger partial charge in [0, 0.05) is 23.9 Å². The van der Waals surface area contributed by atoms with Gasteiger partial charge in [0.2, 0.25) is 0 Å². The molecule has 0 spiro atoms. The Balaban J connectivity index is 2.05. The largest absolute Gasteiger partial charge is 0.478 e. The van der Waals surface area contributed by atoms with E-state index in [1.807, 2.05) is 6.92 Å². The van der Waals surface area contributed by atoms with Crippen molar-refractivity contribution in [1.29, 1.82) is 0 Å². The van der Waals surface area contributed by atoms with Gasteiger partial charge < -0.3 is 14.7 Å². The molecule has 1 aromatic rings. The summed E-state index contributed by atoms with van der Waals surface area (Å²) in [5.41, 5.74) is 1.42. The van der Waals surface area contributed by atoms with E-state index >= 15 is 0 Å². The second-order valence-corrected chi connectivity index (χ2v) is 7.01. The molecule has 2 unspecified atom stereocenters. The minimum absolute atomic E-state index is 0.0465. The van der Waals surface area contributed by atoms with Gasteiger partial charge in [0.1, 0.15) is 0 Å². The van der Waals surface area contributed by atoms with Crippen LogP contribution < -0.4 is 0 Å². The van der Waals surface area contributed by atoms with Gasteiger partial charge in [-0.15, -0.1) is 0 Å². The smallest absolute Gasteiger partial charge is 0.335 e. The van der Waals surface area contributed by atoms with E-state index in [0.29, 0.717) is 30.4 Å². The summed E-state index contributed by atoms with van der Waals surface area (Å²) in [6.07, 6.45) is 1.80. The fourth-order valence-electron chi connectivity index (χ4n) is 3.70.